The summed E-state index contributed by atoms with van der Waals surface area (Å²) in [5, 5.41) is 13.7. The van der Waals surface area contributed by atoms with E-state index < -0.39 is 4.92 Å². The van der Waals surface area contributed by atoms with Crippen LogP contribution in [0.25, 0.3) is 0 Å². The molecular formula is C11H15BrN4O3. The molecule has 0 radical (unpaired) electrons. The second-order valence-corrected chi connectivity index (χ2v) is 5.27. The summed E-state index contributed by atoms with van der Waals surface area (Å²) in [5.41, 5.74) is -0.0360. The molecule has 1 unspecified atom stereocenters. The molecule has 0 bridgehead atoms. The Bertz CT molecular complexity index is 471. The molecule has 1 fully saturated rings. The minimum absolute atomic E-state index is 0.0360. The Balaban J connectivity index is 1.94. The van der Waals surface area contributed by atoms with Crippen molar-refractivity contribution in [2.75, 3.05) is 38.6 Å². The molecule has 0 amide bonds. The van der Waals surface area contributed by atoms with Gasteiger partial charge in [0.2, 0.25) is 0 Å². The van der Waals surface area contributed by atoms with Crippen LogP contribution < -0.4 is 5.32 Å². The van der Waals surface area contributed by atoms with Gasteiger partial charge in [0.15, 0.2) is 0 Å². The molecule has 0 saturated carbocycles. The van der Waals surface area contributed by atoms with Gasteiger partial charge in [-0.3, -0.25) is 10.1 Å². The third kappa shape index (κ3) is 3.85. The van der Waals surface area contributed by atoms with E-state index >= 15 is 0 Å². The Morgan fingerprint density at radius 2 is 2.53 bits per heavy atom. The lowest BCUT2D eigenvalue weighted by atomic mass is 10.3. The number of morpholine rings is 1. The van der Waals surface area contributed by atoms with Crippen molar-refractivity contribution in [1.29, 1.82) is 0 Å². The van der Waals surface area contributed by atoms with Gasteiger partial charge in [-0.1, -0.05) is 0 Å². The van der Waals surface area contributed by atoms with Crippen LogP contribution in [0.2, 0.25) is 0 Å². The normalized spacial score (nSPS) is 20.2. The van der Waals surface area contributed by atoms with E-state index in [9.17, 15) is 10.1 Å². The largest absolute Gasteiger partial charge is 0.374 e. The van der Waals surface area contributed by atoms with E-state index in [1.165, 1.54) is 12.3 Å². The van der Waals surface area contributed by atoms with Crippen LogP contribution in [0.5, 0.6) is 0 Å². The van der Waals surface area contributed by atoms with Crippen LogP contribution in [-0.2, 0) is 4.74 Å². The molecule has 1 aliphatic rings. The zero-order chi connectivity index (χ0) is 13.8. The highest BCUT2D eigenvalue weighted by Crippen LogP contribution is 2.24. The van der Waals surface area contributed by atoms with Crippen molar-refractivity contribution in [3.05, 3.63) is 26.9 Å². The van der Waals surface area contributed by atoms with Gasteiger partial charge < -0.3 is 15.0 Å². The van der Waals surface area contributed by atoms with Crippen molar-refractivity contribution in [2.24, 2.45) is 0 Å². The predicted molar refractivity (Wildman–Crippen MR) is 74.3 cm³/mol. The van der Waals surface area contributed by atoms with Gasteiger partial charge in [0.1, 0.15) is 12.0 Å². The van der Waals surface area contributed by atoms with Crippen LogP contribution in [0.15, 0.2) is 16.7 Å². The number of ether oxygens (including phenoxy) is 1. The van der Waals surface area contributed by atoms with Crippen molar-refractivity contribution in [2.45, 2.75) is 6.10 Å². The van der Waals surface area contributed by atoms with Crippen molar-refractivity contribution in [1.82, 2.24) is 9.88 Å². The Morgan fingerprint density at radius 1 is 1.74 bits per heavy atom. The lowest BCUT2D eigenvalue weighted by Crippen LogP contribution is -2.43. The van der Waals surface area contributed by atoms with Crippen LogP contribution >= 0.6 is 15.9 Å². The average molecular weight is 331 g/mol. The highest BCUT2D eigenvalue weighted by Gasteiger charge is 2.18. The summed E-state index contributed by atoms with van der Waals surface area (Å²) < 4.78 is 6.19. The van der Waals surface area contributed by atoms with E-state index in [0.29, 0.717) is 16.8 Å². The third-order valence-electron chi connectivity index (χ3n) is 2.88. The minimum atomic E-state index is -0.471. The Kier molecular flexibility index (Phi) is 4.67. The second kappa shape index (κ2) is 6.27. The maximum absolute atomic E-state index is 10.6. The highest BCUT2D eigenvalue weighted by atomic mass is 79.9. The van der Waals surface area contributed by atoms with Gasteiger partial charge in [0, 0.05) is 25.7 Å². The topological polar surface area (TPSA) is 80.5 Å². The van der Waals surface area contributed by atoms with Crippen molar-refractivity contribution < 1.29 is 9.66 Å². The molecule has 1 aromatic rings. The fourth-order valence-electron chi connectivity index (χ4n) is 1.86. The van der Waals surface area contributed by atoms with E-state index in [4.69, 9.17) is 4.74 Å². The zero-order valence-electron chi connectivity index (χ0n) is 10.5. The summed E-state index contributed by atoms with van der Waals surface area (Å²) in [7, 11) is 2.05. The molecule has 0 aliphatic carbocycles. The molecular weight excluding hydrogens is 316 g/mol. The second-order valence-electron chi connectivity index (χ2n) is 4.42. The van der Waals surface area contributed by atoms with E-state index in [1.54, 1.807) is 0 Å². The number of hydrogen-bond donors (Lipinski definition) is 1. The van der Waals surface area contributed by atoms with E-state index in [-0.39, 0.29) is 11.8 Å². The fourth-order valence-corrected chi connectivity index (χ4v) is 2.34. The summed E-state index contributed by atoms with van der Waals surface area (Å²) in [6, 6.07) is 1.43. The molecule has 0 spiro atoms. The van der Waals surface area contributed by atoms with Crippen LogP contribution in [0.4, 0.5) is 11.5 Å². The fraction of sp³-hybridized carbons (Fsp3) is 0.545. The first-order valence-electron chi connectivity index (χ1n) is 5.90. The summed E-state index contributed by atoms with van der Waals surface area (Å²) >= 11 is 3.27. The van der Waals surface area contributed by atoms with Gasteiger partial charge in [-0.2, -0.15) is 0 Å². The number of rotatable bonds is 4. The van der Waals surface area contributed by atoms with Gasteiger partial charge in [-0.25, -0.2) is 4.98 Å². The molecule has 104 valence electrons. The monoisotopic (exact) mass is 330 g/mol. The minimum Gasteiger partial charge on any atom is -0.374 e. The number of anilines is 1. The predicted octanol–water partition coefficient (Wildman–Crippen LogP) is 1.49. The molecule has 1 saturated heterocycles. The first-order valence-corrected chi connectivity index (χ1v) is 6.69. The zero-order valence-corrected chi connectivity index (χ0v) is 12.1. The first kappa shape index (κ1) is 14.2. The van der Waals surface area contributed by atoms with Gasteiger partial charge in [-0.15, -0.1) is 0 Å². The molecule has 19 heavy (non-hydrogen) atoms. The number of nitrogens with one attached hydrogen (secondary N) is 1. The van der Waals surface area contributed by atoms with E-state index in [0.717, 1.165) is 19.7 Å². The maximum atomic E-state index is 10.6. The smallest absolute Gasteiger partial charge is 0.288 e. The van der Waals surface area contributed by atoms with Crippen molar-refractivity contribution in [3.8, 4) is 0 Å². The maximum Gasteiger partial charge on any atom is 0.288 e. The van der Waals surface area contributed by atoms with Gasteiger partial charge in [0.05, 0.1) is 22.1 Å². The quantitative estimate of drug-likeness (QED) is 0.665. The number of nitro groups is 1. The number of aromatic nitrogens is 1. The lowest BCUT2D eigenvalue weighted by molar-refractivity contribution is -0.385. The molecule has 1 atom stereocenters. The summed E-state index contributed by atoms with van der Waals surface area (Å²) in [6.07, 6.45) is 1.34. The third-order valence-corrected chi connectivity index (χ3v) is 3.48. The number of halogens is 1. The Hall–Kier alpha value is -1.25. The Morgan fingerprint density at radius 3 is 3.16 bits per heavy atom. The van der Waals surface area contributed by atoms with Gasteiger partial charge in [0.25, 0.3) is 5.69 Å². The summed E-state index contributed by atoms with van der Waals surface area (Å²) in [5.74, 6) is 0.586. The molecule has 1 aromatic heterocycles. The highest BCUT2D eigenvalue weighted by molar-refractivity contribution is 9.10. The van der Waals surface area contributed by atoms with Crippen molar-refractivity contribution >= 4 is 27.4 Å². The van der Waals surface area contributed by atoms with Crippen molar-refractivity contribution in [3.63, 3.8) is 0 Å². The molecule has 2 rings (SSSR count). The first-order chi connectivity index (χ1) is 9.06. The molecule has 7 nitrogen and oxygen atoms in total. The van der Waals surface area contributed by atoms with Crippen LogP contribution in [-0.4, -0.2) is 54.2 Å². The number of nitrogens with zero attached hydrogens (tertiary/aromatic N) is 3. The lowest BCUT2D eigenvalue weighted by Gasteiger charge is -2.30. The van der Waals surface area contributed by atoms with Crippen LogP contribution in [0.1, 0.15) is 0 Å². The number of likely N-dealkylation sites (N-methyl/N-ethyl adjacent to an activating group) is 1. The molecule has 2 heterocycles. The molecule has 1 N–H and O–H groups in total. The Labute approximate surface area is 119 Å². The van der Waals surface area contributed by atoms with Crippen LogP contribution in [0, 0.1) is 10.1 Å². The van der Waals surface area contributed by atoms with Gasteiger partial charge in [-0.05, 0) is 23.0 Å². The SMILES string of the molecule is CN1CCOC(CNc2ncc([N+](=O)[O-])cc2Br)C1. The van der Waals surface area contributed by atoms with E-state index in [2.05, 4.69) is 38.2 Å². The number of pyridine rings is 1. The summed E-state index contributed by atoms with van der Waals surface area (Å²) in [4.78, 5) is 16.4. The molecule has 8 heteroatoms. The summed E-state index contributed by atoms with van der Waals surface area (Å²) in [6.45, 7) is 3.14. The molecule has 1 aliphatic heterocycles. The van der Waals surface area contributed by atoms with Crippen LogP contribution in [0.3, 0.4) is 0 Å². The molecule has 0 aromatic carbocycles. The average Bonchev–Trinajstić information content (AvgIpc) is 2.37. The van der Waals surface area contributed by atoms with Gasteiger partial charge >= 0.3 is 0 Å². The standard InChI is InChI=1S/C11H15BrN4O3/c1-15-2-3-19-9(7-15)6-14-11-10(12)4-8(5-13-11)16(17)18/h4-5,9H,2-3,6-7H2,1H3,(H,13,14). The van der Waals surface area contributed by atoms with E-state index in [1.807, 2.05) is 0 Å². The number of hydrogen-bond acceptors (Lipinski definition) is 6.